The van der Waals surface area contributed by atoms with Crippen molar-refractivity contribution in [1.82, 2.24) is 0 Å². The fourth-order valence-corrected chi connectivity index (χ4v) is 0.348. The first-order valence-electron chi connectivity index (χ1n) is 2.52. The first-order chi connectivity index (χ1) is 2.91. The van der Waals surface area contributed by atoms with Gasteiger partial charge in [-0.1, -0.05) is 25.8 Å². The van der Waals surface area contributed by atoms with Crippen LogP contribution >= 0.6 is 0 Å². The Hall–Kier alpha value is 0.337. The van der Waals surface area contributed by atoms with Gasteiger partial charge in [-0.05, 0) is 6.42 Å². The molecule has 0 spiro atoms. The summed E-state index contributed by atoms with van der Waals surface area (Å²) in [6, 6.07) is 0. The van der Waals surface area contributed by atoms with Crippen LogP contribution in [0.2, 0.25) is 0 Å². The zero-order valence-electron chi connectivity index (χ0n) is 4.41. The summed E-state index contributed by atoms with van der Waals surface area (Å²) in [6.07, 6.45) is 5.72. The molecule has 0 unspecified atom stereocenters. The average Bonchev–Trinajstić information content (AvgIpc) is 1.61. The van der Waals surface area contributed by atoms with Gasteiger partial charge in [0.25, 0.3) is 0 Å². The van der Waals surface area contributed by atoms with Gasteiger partial charge < -0.3 is 0 Å². The molecule has 0 bridgehead atoms. The molecule has 0 fully saturated rings. The molecule has 7 heavy (non-hydrogen) atoms. The molecule has 0 aliphatic carbocycles. The van der Waals surface area contributed by atoms with Crippen molar-refractivity contribution in [2.24, 2.45) is 0 Å². The normalized spacial score (nSPS) is 7.00. The molecule has 0 saturated carbocycles. The Morgan fingerprint density at radius 1 is 1.57 bits per heavy atom. The molecule has 0 heterocycles. The molecule has 0 nitrogen and oxygen atoms in total. The van der Waals surface area contributed by atoms with Crippen molar-refractivity contribution < 1.29 is 0 Å². The van der Waals surface area contributed by atoms with E-state index in [4.69, 9.17) is 0 Å². The molecule has 0 aromatic carbocycles. The average molecular weight is 92.1 g/mol. The predicted octanol–water partition coefficient (Wildman–Crippen LogP) is 1.71. The first-order valence-corrected chi connectivity index (χ1v) is 2.52. The summed E-state index contributed by atoms with van der Waals surface area (Å²) in [5, 5.41) is 0. The Morgan fingerprint density at radius 2 is 2.14 bits per heavy atom. The molecule has 0 aliphatic rings. The van der Waals surface area contributed by atoms with Gasteiger partial charge in [-0.15, -0.1) is 6.58 Å². The van der Waals surface area contributed by atoms with Crippen molar-refractivity contribution >= 4 is 18.9 Å². The summed E-state index contributed by atoms with van der Waals surface area (Å²) in [5.74, 6) is 0. The number of hydrogen-bond acceptors (Lipinski definition) is 0. The van der Waals surface area contributed by atoms with Gasteiger partial charge in [0.05, 0.1) is 0 Å². The number of allylic oxidation sites excluding steroid dienone is 1. The molecule has 0 radical (unpaired) electrons. The summed E-state index contributed by atoms with van der Waals surface area (Å²) < 4.78 is 0. The fourth-order valence-electron chi connectivity index (χ4n) is 0.348. The van der Waals surface area contributed by atoms with Crippen molar-refractivity contribution in [2.45, 2.75) is 26.2 Å². The van der Waals surface area contributed by atoms with Crippen LogP contribution in [0.5, 0.6) is 0 Å². The van der Waals surface area contributed by atoms with Crippen molar-refractivity contribution in [2.75, 3.05) is 0 Å². The standard InChI is InChI=1S/C6H12.Li.H/c1-3-5-6-4-2;;/h3H,1,4-6H2,2H3;;. The van der Waals surface area contributed by atoms with Crippen LogP contribution in [0.3, 0.4) is 0 Å². The van der Waals surface area contributed by atoms with Crippen LogP contribution < -0.4 is 0 Å². The van der Waals surface area contributed by atoms with E-state index in [2.05, 4.69) is 13.5 Å². The van der Waals surface area contributed by atoms with Gasteiger partial charge >= 0.3 is 18.9 Å². The van der Waals surface area contributed by atoms with E-state index in [-0.39, 0.29) is 18.9 Å². The van der Waals surface area contributed by atoms with Crippen molar-refractivity contribution in [3.8, 4) is 0 Å². The van der Waals surface area contributed by atoms with Crippen LogP contribution in [-0.4, -0.2) is 18.9 Å². The molecular weight excluding hydrogens is 79.0 g/mol. The summed E-state index contributed by atoms with van der Waals surface area (Å²) in [5.41, 5.74) is 0. The van der Waals surface area contributed by atoms with Crippen LogP contribution in [0, 0.1) is 0 Å². The van der Waals surface area contributed by atoms with Crippen LogP contribution in [0.1, 0.15) is 26.2 Å². The molecule has 0 atom stereocenters. The van der Waals surface area contributed by atoms with E-state index in [0.717, 1.165) is 0 Å². The van der Waals surface area contributed by atoms with Crippen LogP contribution in [0.15, 0.2) is 12.7 Å². The number of hydrogen-bond donors (Lipinski definition) is 0. The third-order valence-electron chi connectivity index (χ3n) is 0.762. The molecule has 0 aliphatic heterocycles. The first kappa shape index (κ1) is 10.3. The van der Waals surface area contributed by atoms with E-state index in [1.807, 2.05) is 6.08 Å². The van der Waals surface area contributed by atoms with E-state index < -0.39 is 0 Å². The van der Waals surface area contributed by atoms with E-state index in [0.29, 0.717) is 0 Å². The molecule has 0 amide bonds. The second-order valence-corrected chi connectivity index (χ2v) is 1.43. The van der Waals surface area contributed by atoms with E-state index in [9.17, 15) is 0 Å². The van der Waals surface area contributed by atoms with Gasteiger partial charge in [0, 0.05) is 0 Å². The van der Waals surface area contributed by atoms with Gasteiger partial charge in [-0.3, -0.25) is 0 Å². The van der Waals surface area contributed by atoms with Crippen molar-refractivity contribution in [3.63, 3.8) is 0 Å². The summed E-state index contributed by atoms with van der Waals surface area (Å²) >= 11 is 0. The van der Waals surface area contributed by atoms with E-state index in [1.54, 1.807) is 0 Å². The third-order valence-corrected chi connectivity index (χ3v) is 0.762. The third kappa shape index (κ3) is 10.7. The SMILES string of the molecule is C=CCCCC.[LiH]. The van der Waals surface area contributed by atoms with Gasteiger partial charge in [-0.25, -0.2) is 0 Å². The maximum atomic E-state index is 3.60. The van der Waals surface area contributed by atoms with E-state index >= 15 is 0 Å². The van der Waals surface area contributed by atoms with Gasteiger partial charge in [0.2, 0.25) is 0 Å². The molecule has 0 N–H and O–H groups in total. The Morgan fingerprint density at radius 3 is 2.29 bits per heavy atom. The molecule has 0 aromatic rings. The quantitative estimate of drug-likeness (QED) is 0.282. The summed E-state index contributed by atoms with van der Waals surface area (Å²) in [7, 11) is 0. The van der Waals surface area contributed by atoms with Crippen molar-refractivity contribution in [1.29, 1.82) is 0 Å². The molecule has 38 valence electrons. The zero-order valence-corrected chi connectivity index (χ0v) is 4.41. The number of rotatable bonds is 3. The minimum atomic E-state index is 0. The Kier molecular flexibility index (Phi) is 14.2. The second kappa shape index (κ2) is 9.60. The topological polar surface area (TPSA) is 0 Å². The van der Waals surface area contributed by atoms with E-state index in [1.165, 1.54) is 19.3 Å². The zero-order chi connectivity index (χ0) is 4.83. The minimum absolute atomic E-state index is 0. The maximum absolute atomic E-state index is 3.60. The van der Waals surface area contributed by atoms with Crippen LogP contribution in [-0.2, 0) is 0 Å². The summed E-state index contributed by atoms with van der Waals surface area (Å²) in [6.45, 7) is 5.78. The molecule has 0 aromatic heterocycles. The Balaban J connectivity index is 0. The summed E-state index contributed by atoms with van der Waals surface area (Å²) in [4.78, 5) is 0. The molecule has 1 heteroatoms. The Labute approximate surface area is 58.2 Å². The fraction of sp³-hybridized carbons (Fsp3) is 0.667. The van der Waals surface area contributed by atoms with Gasteiger partial charge in [0.1, 0.15) is 0 Å². The molecule has 0 saturated heterocycles. The predicted molar refractivity (Wildman–Crippen MR) is 36.9 cm³/mol. The number of unbranched alkanes of at least 4 members (excludes halogenated alkanes) is 2. The second-order valence-electron chi connectivity index (χ2n) is 1.43. The molecule has 0 rings (SSSR count). The van der Waals surface area contributed by atoms with Gasteiger partial charge in [0.15, 0.2) is 0 Å². The van der Waals surface area contributed by atoms with Crippen LogP contribution in [0.25, 0.3) is 0 Å². The van der Waals surface area contributed by atoms with Gasteiger partial charge in [-0.2, -0.15) is 0 Å². The van der Waals surface area contributed by atoms with Crippen LogP contribution in [0.4, 0.5) is 0 Å². The Bertz CT molecular complexity index is 33.2. The monoisotopic (exact) mass is 92.1 g/mol. The van der Waals surface area contributed by atoms with Crippen molar-refractivity contribution in [3.05, 3.63) is 12.7 Å². The molecular formula is C6H13Li.